The number of aromatic amines is 1. The molecule has 23 heavy (non-hydrogen) atoms. The van der Waals surface area contributed by atoms with Crippen molar-refractivity contribution in [1.29, 1.82) is 0 Å². The molecule has 1 aromatic heterocycles. The number of carbonyl (C=O) groups is 1. The van der Waals surface area contributed by atoms with Gasteiger partial charge >= 0.3 is 5.97 Å². The van der Waals surface area contributed by atoms with E-state index in [4.69, 9.17) is 16.2 Å². The Bertz CT molecular complexity index is 655. The molecule has 1 heterocycles. The minimum atomic E-state index is -2.33. The Morgan fingerprint density at radius 2 is 2.30 bits per heavy atom. The molecular weight excluding hydrogens is 304 g/mol. The lowest BCUT2D eigenvalue weighted by Gasteiger charge is -2.29. The van der Waals surface area contributed by atoms with E-state index in [-0.39, 0.29) is 29.9 Å². The summed E-state index contributed by atoms with van der Waals surface area (Å²) < 4.78 is 5.22. The number of carboxylic acid groups (broad SMARTS) is 1. The Hall–Kier alpha value is -2.65. The molecule has 0 aliphatic rings. The highest BCUT2D eigenvalue weighted by molar-refractivity contribution is 5.79. The summed E-state index contributed by atoms with van der Waals surface area (Å²) in [4.78, 5) is 29.2. The first-order valence-electron chi connectivity index (χ1n) is 6.69. The Morgan fingerprint density at radius 1 is 1.61 bits per heavy atom. The first-order chi connectivity index (χ1) is 10.8. The van der Waals surface area contributed by atoms with Crippen LogP contribution in [0.1, 0.15) is 5.69 Å². The number of H-pyrrole nitrogens is 1. The average Bonchev–Trinajstić information content (AvgIpc) is 2.50. The van der Waals surface area contributed by atoms with Gasteiger partial charge in [0.05, 0.1) is 12.3 Å². The number of aliphatic imine (C=N–C) groups is 1. The summed E-state index contributed by atoms with van der Waals surface area (Å²) in [5.74, 6) is -1.34. The highest BCUT2D eigenvalue weighted by Gasteiger charge is 2.43. The van der Waals surface area contributed by atoms with Crippen molar-refractivity contribution in [3.05, 3.63) is 46.2 Å². The lowest BCUT2D eigenvalue weighted by molar-refractivity contribution is -0.162. The second-order valence-electron chi connectivity index (χ2n) is 4.83. The largest absolute Gasteiger partial charge is 0.489 e. The standard InChI is InChI=1S/C14H20N4O5/c1-17-7-11(6-15)23-8-12(16)14(22,13(20)21)5-9-4-10(19)2-3-18-9/h2-4,6-7,12,22H,5,8,15-16H2,1H3,(H,18,19)(H,20,21). The van der Waals surface area contributed by atoms with E-state index in [1.54, 1.807) is 0 Å². The first kappa shape index (κ1) is 18.4. The zero-order chi connectivity index (χ0) is 17.5. The molecule has 0 radical (unpaired) electrons. The van der Waals surface area contributed by atoms with Gasteiger partial charge in [-0.1, -0.05) is 0 Å². The molecule has 9 heteroatoms. The van der Waals surface area contributed by atoms with Gasteiger partial charge in [-0.2, -0.15) is 0 Å². The maximum absolute atomic E-state index is 11.4. The van der Waals surface area contributed by atoms with Gasteiger partial charge in [0.2, 0.25) is 0 Å². The molecule has 7 N–H and O–H groups in total. The molecule has 0 bridgehead atoms. The molecule has 126 valence electrons. The van der Waals surface area contributed by atoms with Gasteiger partial charge in [-0.3, -0.25) is 9.79 Å². The van der Waals surface area contributed by atoms with Crippen molar-refractivity contribution in [2.75, 3.05) is 13.7 Å². The Balaban J connectivity index is 2.91. The summed E-state index contributed by atoms with van der Waals surface area (Å²) in [5, 5.41) is 19.7. The van der Waals surface area contributed by atoms with Crippen molar-refractivity contribution >= 4 is 12.2 Å². The Labute approximate surface area is 132 Å². The summed E-state index contributed by atoms with van der Waals surface area (Å²) in [7, 11) is 1.51. The Morgan fingerprint density at radius 3 is 2.83 bits per heavy atom. The minimum absolute atomic E-state index is 0.184. The van der Waals surface area contributed by atoms with Crippen LogP contribution in [0.5, 0.6) is 0 Å². The van der Waals surface area contributed by atoms with E-state index in [9.17, 15) is 19.8 Å². The minimum Gasteiger partial charge on any atom is -0.489 e. The maximum atomic E-state index is 11.4. The van der Waals surface area contributed by atoms with Crippen LogP contribution in [-0.4, -0.2) is 52.7 Å². The Kier molecular flexibility index (Phi) is 6.49. The van der Waals surface area contributed by atoms with E-state index in [1.165, 1.54) is 31.6 Å². The smallest absolute Gasteiger partial charge is 0.337 e. The third-order valence-corrected chi connectivity index (χ3v) is 3.13. The summed E-state index contributed by atoms with van der Waals surface area (Å²) >= 11 is 0. The molecule has 0 aromatic carbocycles. The summed E-state index contributed by atoms with van der Waals surface area (Å²) in [6.45, 7) is -0.311. The number of aromatic nitrogens is 1. The van der Waals surface area contributed by atoms with E-state index in [2.05, 4.69) is 9.98 Å². The van der Waals surface area contributed by atoms with E-state index in [1.807, 2.05) is 0 Å². The van der Waals surface area contributed by atoms with Crippen molar-refractivity contribution < 1.29 is 19.7 Å². The number of ether oxygens (including phenoxy) is 1. The number of carboxylic acids is 1. The van der Waals surface area contributed by atoms with Crippen LogP contribution in [0.4, 0.5) is 0 Å². The molecular formula is C14H20N4O5. The number of nitrogens with one attached hydrogen (secondary N) is 1. The molecule has 1 rings (SSSR count). The van der Waals surface area contributed by atoms with E-state index < -0.39 is 17.6 Å². The lowest BCUT2D eigenvalue weighted by atomic mass is 9.89. The van der Waals surface area contributed by atoms with Crippen molar-refractivity contribution in [1.82, 2.24) is 4.98 Å². The number of rotatable bonds is 8. The van der Waals surface area contributed by atoms with Gasteiger partial charge in [0, 0.05) is 43.7 Å². The molecule has 0 saturated carbocycles. The molecule has 1 aromatic rings. The third kappa shape index (κ3) is 4.94. The predicted molar refractivity (Wildman–Crippen MR) is 84.0 cm³/mol. The fourth-order valence-corrected chi connectivity index (χ4v) is 1.83. The zero-order valence-corrected chi connectivity index (χ0v) is 12.6. The number of aliphatic carboxylic acids is 1. The molecule has 2 unspecified atom stereocenters. The van der Waals surface area contributed by atoms with Gasteiger partial charge in [-0.25, -0.2) is 4.79 Å². The number of nitrogens with two attached hydrogens (primary N) is 2. The topological polar surface area (TPSA) is 164 Å². The predicted octanol–water partition coefficient (Wildman–Crippen LogP) is -1.42. The van der Waals surface area contributed by atoms with Gasteiger partial charge < -0.3 is 31.4 Å². The van der Waals surface area contributed by atoms with Crippen LogP contribution in [0.25, 0.3) is 0 Å². The average molecular weight is 324 g/mol. The number of pyridine rings is 1. The van der Waals surface area contributed by atoms with Crippen LogP contribution in [0, 0.1) is 0 Å². The van der Waals surface area contributed by atoms with Crippen molar-refractivity contribution in [2.45, 2.75) is 18.1 Å². The van der Waals surface area contributed by atoms with Crippen LogP contribution >= 0.6 is 0 Å². The number of allylic oxidation sites excluding steroid dienone is 1. The molecule has 2 atom stereocenters. The van der Waals surface area contributed by atoms with Crippen molar-refractivity contribution in [2.24, 2.45) is 16.5 Å². The van der Waals surface area contributed by atoms with Crippen LogP contribution < -0.4 is 16.9 Å². The normalized spacial score (nSPS) is 16.0. The van der Waals surface area contributed by atoms with Gasteiger partial charge in [-0.15, -0.1) is 0 Å². The van der Waals surface area contributed by atoms with Gasteiger partial charge in [-0.05, 0) is 0 Å². The monoisotopic (exact) mass is 324 g/mol. The van der Waals surface area contributed by atoms with Gasteiger partial charge in [0.1, 0.15) is 6.61 Å². The quantitative estimate of drug-likeness (QED) is 0.289. The maximum Gasteiger partial charge on any atom is 0.337 e. The van der Waals surface area contributed by atoms with Crippen LogP contribution in [-0.2, 0) is 16.0 Å². The second kappa shape index (κ2) is 8.11. The van der Waals surface area contributed by atoms with Gasteiger partial charge in [0.15, 0.2) is 16.8 Å². The fourth-order valence-electron chi connectivity index (χ4n) is 1.83. The molecule has 0 amide bonds. The first-order valence-corrected chi connectivity index (χ1v) is 6.69. The van der Waals surface area contributed by atoms with Crippen molar-refractivity contribution in [3.63, 3.8) is 0 Å². The molecule has 9 nitrogen and oxygen atoms in total. The number of hydrogen-bond donors (Lipinski definition) is 5. The van der Waals surface area contributed by atoms with Crippen LogP contribution in [0.2, 0.25) is 0 Å². The molecule has 0 fully saturated rings. The SMILES string of the molecule is CN=CC(=CN)OCC(N)C(O)(Cc1cc(=O)cc[nH]1)C(=O)O. The molecule has 0 aliphatic carbocycles. The van der Waals surface area contributed by atoms with Crippen LogP contribution in [0.3, 0.4) is 0 Å². The molecule has 0 aliphatic heterocycles. The highest BCUT2D eigenvalue weighted by Crippen LogP contribution is 2.16. The summed E-state index contributed by atoms with van der Waals surface area (Å²) in [5.41, 5.74) is 8.69. The van der Waals surface area contributed by atoms with Crippen LogP contribution in [0.15, 0.2) is 40.1 Å². The highest BCUT2D eigenvalue weighted by atomic mass is 16.5. The van der Waals surface area contributed by atoms with E-state index in [0.29, 0.717) is 0 Å². The van der Waals surface area contributed by atoms with E-state index in [0.717, 1.165) is 6.20 Å². The summed E-state index contributed by atoms with van der Waals surface area (Å²) in [6.07, 6.45) is 3.43. The van der Waals surface area contributed by atoms with E-state index >= 15 is 0 Å². The third-order valence-electron chi connectivity index (χ3n) is 3.13. The molecule has 0 saturated heterocycles. The molecule has 0 spiro atoms. The number of nitrogens with zero attached hydrogens (tertiary/aromatic N) is 1. The van der Waals surface area contributed by atoms with Crippen molar-refractivity contribution in [3.8, 4) is 0 Å². The fraction of sp³-hybridized carbons (Fsp3) is 0.357. The zero-order valence-electron chi connectivity index (χ0n) is 12.6. The number of aliphatic hydroxyl groups is 1. The number of hydrogen-bond acceptors (Lipinski definition) is 7. The van der Waals surface area contributed by atoms with Gasteiger partial charge in [0.25, 0.3) is 0 Å². The lowest BCUT2D eigenvalue weighted by Crippen LogP contribution is -2.57. The second-order valence-corrected chi connectivity index (χ2v) is 4.83. The summed E-state index contributed by atoms with van der Waals surface area (Å²) in [6, 6.07) is 1.19.